The van der Waals surface area contributed by atoms with Gasteiger partial charge in [-0.25, -0.2) is 4.68 Å². The zero-order valence-corrected chi connectivity index (χ0v) is 16.5. The zero-order valence-electron chi connectivity index (χ0n) is 15.7. The van der Waals surface area contributed by atoms with Gasteiger partial charge in [0.1, 0.15) is 0 Å². The van der Waals surface area contributed by atoms with Crippen molar-refractivity contribution in [2.24, 2.45) is 11.7 Å². The second-order valence-electron chi connectivity index (χ2n) is 6.70. The van der Waals surface area contributed by atoms with Crippen molar-refractivity contribution in [2.45, 2.75) is 39.0 Å². The summed E-state index contributed by atoms with van der Waals surface area (Å²) in [4.78, 5) is 12.4. The molecule has 4 N–H and O–H groups in total. The number of nitrogens with two attached hydrogens (primary N) is 1. The van der Waals surface area contributed by atoms with E-state index in [-0.39, 0.29) is 11.8 Å². The molecule has 1 saturated carbocycles. The van der Waals surface area contributed by atoms with Gasteiger partial charge in [-0.1, -0.05) is 17.7 Å². The maximum Gasteiger partial charge on any atom is 0.232 e. The molecule has 27 heavy (non-hydrogen) atoms. The summed E-state index contributed by atoms with van der Waals surface area (Å²) in [5.41, 5.74) is 8.58. The molecule has 0 radical (unpaired) electrons. The van der Waals surface area contributed by atoms with Gasteiger partial charge in [0.25, 0.3) is 0 Å². The number of rotatable bonds is 6. The summed E-state index contributed by atoms with van der Waals surface area (Å²) in [5.74, 6) is 0.697. The SMILES string of the molecule is C=N.Cc1ccc(-n2cc(C(C)C(=O)N/C(N)=C/CC3CC3)cn2)cc1Cl. The van der Waals surface area contributed by atoms with Crippen LogP contribution >= 0.6 is 11.6 Å². The minimum atomic E-state index is -0.345. The largest absolute Gasteiger partial charge is 0.385 e. The maximum atomic E-state index is 12.4. The lowest BCUT2D eigenvalue weighted by molar-refractivity contribution is -0.121. The molecule has 0 spiro atoms. The molecule has 1 fully saturated rings. The Balaban J connectivity index is 0.00000126. The third kappa shape index (κ3) is 5.69. The Bertz CT molecular complexity index is 826. The average molecular weight is 388 g/mol. The molecular weight excluding hydrogens is 362 g/mol. The van der Waals surface area contributed by atoms with Crippen LogP contribution in [0.3, 0.4) is 0 Å². The van der Waals surface area contributed by atoms with Crippen LogP contribution in [0.25, 0.3) is 5.69 Å². The fourth-order valence-corrected chi connectivity index (χ4v) is 2.70. The molecule has 2 aromatic rings. The van der Waals surface area contributed by atoms with Gasteiger partial charge in [-0.2, -0.15) is 5.10 Å². The summed E-state index contributed by atoms with van der Waals surface area (Å²) < 4.78 is 1.72. The van der Waals surface area contributed by atoms with Crippen LogP contribution in [0.4, 0.5) is 0 Å². The normalized spacial score (nSPS) is 14.9. The van der Waals surface area contributed by atoms with Crippen LogP contribution in [0.1, 0.15) is 43.2 Å². The Hall–Kier alpha value is -2.60. The predicted molar refractivity (Wildman–Crippen MR) is 109 cm³/mol. The minimum Gasteiger partial charge on any atom is -0.385 e. The number of hydrogen-bond donors (Lipinski definition) is 3. The standard InChI is InChI=1S/C19H23ClN4O.CH3N/c1-12-3-7-16(9-17(12)20)24-11-15(10-22-24)13(2)19(25)23-18(21)8-6-14-4-5-14;1-2/h3,7-11,13-14H,4-6,21H2,1-2H3,(H,23,25);2H,1H2/b18-8+;. The molecule has 6 nitrogen and oxygen atoms in total. The summed E-state index contributed by atoms with van der Waals surface area (Å²) >= 11 is 6.17. The number of nitrogens with one attached hydrogen (secondary N) is 2. The van der Waals surface area contributed by atoms with Crippen LogP contribution in [0.5, 0.6) is 0 Å². The Morgan fingerprint density at radius 3 is 2.85 bits per heavy atom. The van der Waals surface area contributed by atoms with Crippen LogP contribution in [-0.4, -0.2) is 22.4 Å². The molecule has 1 unspecified atom stereocenters. The molecule has 1 aliphatic carbocycles. The van der Waals surface area contributed by atoms with Gasteiger partial charge in [0.15, 0.2) is 0 Å². The van der Waals surface area contributed by atoms with Crippen LogP contribution in [0.15, 0.2) is 42.5 Å². The molecule has 3 rings (SSSR count). The lowest BCUT2D eigenvalue weighted by Crippen LogP contribution is -2.31. The highest BCUT2D eigenvalue weighted by Crippen LogP contribution is 2.32. The number of aromatic nitrogens is 2. The molecule has 1 aromatic heterocycles. The number of halogens is 1. The van der Waals surface area contributed by atoms with E-state index in [1.165, 1.54) is 12.8 Å². The first-order valence-electron chi connectivity index (χ1n) is 8.87. The molecule has 7 heteroatoms. The summed E-state index contributed by atoms with van der Waals surface area (Å²) in [5, 5.41) is 13.3. The summed E-state index contributed by atoms with van der Waals surface area (Å²) in [7, 11) is 0. The monoisotopic (exact) mass is 387 g/mol. The number of nitrogens with zero attached hydrogens (tertiary/aromatic N) is 2. The van der Waals surface area contributed by atoms with E-state index in [2.05, 4.69) is 17.1 Å². The first-order chi connectivity index (χ1) is 12.9. The fraction of sp³-hybridized carbons (Fsp3) is 0.350. The number of aryl methyl sites for hydroxylation is 1. The molecule has 1 amide bonds. The maximum absolute atomic E-state index is 12.4. The summed E-state index contributed by atoms with van der Waals surface area (Å²) in [6, 6.07) is 5.75. The topological polar surface area (TPSA) is 96.8 Å². The third-order valence-electron chi connectivity index (χ3n) is 4.55. The second kappa shape index (κ2) is 9.37. The average Bonchev–Trinajstić information content (AvgIpc) is 3.37. The highest BCUT2D eigenvalue weighted by Gasteiger charge is 2.21. The van der Waals surface area contributed by atoms with Gasteiger partial charge in [0, 0.05) is 16.8 Å². The van der Waals surface area contributed by atoms with Crippen LogP contribution in [0.2, 0.25) is 5.02 Å². The Morgan fingerprint density at radius 2 is 2.22 bits per heavy atom. The van der Waals surface area contributed by atoms with Crippen LogP contribution in [-0.2, 0) is 4.79 Å². The number of hydrogen-bond acceptors (Lipinski definition) is 4. The van der Waals surface area contributed by atoms with E-state index in [1.807, 2.05) is 44.3 Å². The molecule has 0 aliphatic heterocycles. The van der Waals surface area contributed by atoms with Crippen molar-refractivity contribution in [3.05, 3.63) is 58.6 Å². The number of allylic oxidation sites excluding steroid dienone is 1. The highest BCUT2D eigenvalue weighted by atomic mass is 35.5. The van der Waals surface area contributed by atoms with E-state index in [0.717, 1.165) is 29.2 Å². The molecule has 1 atom stereocenters. The lowest BCUT2D eigenvalue weighted by atomic mass is 10.0. The van der Waals surface area contributed by atoms with E-state index < -0.39 is 0 Å². The number of carbonyl (C=O) groups excluding carboxylic acids is 1. The third-order valence-corrected chi connectivity index (χ3v) is 4.96. The smallest absolute Gasteiger partial charge is 0.232 e. The van der Waals surface area contributed by atoms with Gasteiger partial charge < -0.3 is 16.5 Å². The van der Waals surface area contributed by atoms with Gasteiger partial charge in [-0.15, -0.1) is 0 Å². The van der Waals surface area contributed by atoms with Crippen molar-refractivity contribution in [1.82, 2.24) is 15.1 Å². The second-order valence-corrected chi connectivity index (χ2v) is 7.11. The van der Waals surface area contributed by atoms with E-state index in [4.69, 9.17) is 22.7 Å². The number of benzene rings is 1. The van der Waals surface area contributed by atoms with Crippen molar-refractivity contribution in [3.8, 4) is 5.69 Å². The minimum absolute atomic E-state index is 0.133. The van der Waals surface area contributed by atoms with Crippen molar-refractivity contribution < 1.29 is 4.79 Å². The Kier molecular flexibility index (Phi) is 7.19. The molecule has 0 bridgehead atoms. The van der Waals surface area contributed by atoms with Crippen molar-refractivity contribution >= 4 is 24.2 Å². The van der Waals surface area contributed by atoms with E-state index in [1.54, 1.807) is 10.9 Å². The van der Waals surface area contributed by atoms with Crippen LogP contribution < -0.4 is 11.1 Å². The van der Waals surface area contributed by atoms with Gasteiger partial charge >= 0.3 is 0 Å². The molecule has 0 saturated heterocycles. The summed E-state index contributed by atoms with van der Waals surface area (Å²) in [6.07, 6.45) is 8.90. The van der Waals surface area contributed by atoms with E-state index in [9.17, 15) is 4.79 Å². The fourth-order valence-electron chi connectivity index (χ4n) is 2.53. The number of amides is 1. The molecule has 1 aromatic carbocycles. The first kappa shape index (κ1) is 20.7. The summed E-state index contributed by atoms with van der Waals surface area (Å²) in [6.45, 7) is 6.29. The van der Waals surface area contributed by atoms with Crippen molar-refractivity contribution in [3.63, 3.8) is 0 Å². The molecule has 144 valence electrons. The van der Waals surface area contributed by atoms with Crippen LogP contribution in [0, 0.1) is 18.3 Å². The van der Waals surface area contributed by atoms with Gasteiger partial charge in [0.2, 0.25) is 5.91 Å². The Labute approximate surface area is 164 Å². The van der Waals surface area contributed by atoms with Crippen molar-refractivity contribution in [1.29, 1.82) is 5.41 Å². The zero-order chi connectivity index (χ0) is 20.0. The Morgan fingerprint density at radius 1 is 1.52 bits per heavy atom. The van der Waals surface area contributed by atoms with Gasteiger partial charge in [-0.3, -0.25) is 4.79 Å². The molecular formula is C20H26ClN5O. The first-order valence-corrected chi connectivity index (χ1v) is 9.25. The molecule has 1 heterocycles. The molecule has 1 aliphatic rings. The van der Waals surface area contributed by atoms with E-state index >= 15 is 0 Å². The van der Waals surface area contributed by atoms with Crippen molar-refractivity contribution in [2.75, 3.05) is 0 Å². The van der Waals surface area contributed by atoms with Gasteiger partial charge in [0.05, 0.1) is 23.6 Å². The predicted octanol–water partition coefficient (Wildman–Crippen LogP) is 3.92. The quantitative estimate of drug-likeness (QED) is 0.655. The highest BCUT2D eigenvalue weighted by molar-refractivity contribution is 6.31. The lowest BCUT2D eigenvalue weighted by Gasteiger charge is -2.10. The number of carbonyl (C=O) groups is 1. The van der Waals surface area contributed by atoms with Gasteiger partial charge in [-0.05, 0) is 69.5 Å². The van der Waals surface area contributed by atoms with E-state index in [0.29, 0.717) is 10.8 Å².